The van der Waals surface area contributed by atoms with Gasteiger partial charge in [0, 0.05) is 5.54 Å². The van der Waals surface area contributed by atoms with Crippen LogP contribution < -0.4 is 5.32 Å². The van der Waals surface area contributed by atoms with Gasteiger partial charge in [0.15, 0.2) is 0 Å². The molecule has 1 aliphatic heterocycles. The number of nitrogens with one attached hydrogen (secondary N) is 1. The third-order valence-electron chi connectivity index (χ3n) is 2.62. The second-order valence-corrected chi connectivity index (χ2v) is 3.43. The van der Waals surface area contributed by atoms with Gasteiger partial charge in [-0.2, -0.15) is 0 Å². The van der Waals surface area contributed by atoms with E-state index in [1.807, 2.05) is 0 Å². The molecule has 0 amide bonds. The molecule has 1 heterocycles. The van der Waals surface area contributed by atoms with Crippen molar-refractivity contribution in [1.29, 1.82) is 0 Å². The highest BCUT2D eigenvalue weighted by atomic mass is 15.0. The molecule has 0 spiro atoms. The summed E-state index contributed by atoms with van der Waals surface area (Å²) in [4.78, 5) is 0. The summed E-state index contributed by atoms with van der Waals surface area (Å²) in [6.45, 7) is 9.53. The number of hydrogen-bond donors (Lipinski definition) is 1. The summed E-state index contributed by atoms with van der Waals surface area (Å²) in [5.41, 5.74) is 0.250. The molecule has 0 bridgehead atoms. The van der Waals surface area contributed by atoms with Crippen LogP contribution in [0.4, 0.5) is 0 Å². The van der Waals surface area contributed by atoms with Crippen molar-refractivity contribution < 1.29 is 0 Å². The van der Waals surface area contributed by atoms with E-state index in [-0.39, 0.29) is 5.54 Å². The fraction of sp³-hybridized carbons (Fsp3) is 0.778. The van der Waals surface area contributed by atoms with Crippen LogP contribution in [0.3, 0.4) is 0 Å². The fourth-order valence-corrected chi connectivity index (χ4v) is 1.69. The first-order chi connectivity index (χ1) is 4.71. The molecule has 1 rings (SSSR count). The van der Waals surface area contributed by atoms with E-state index in [9.17, 15) is 0 Å². The van der Waals surface area contributed by atoms with Crippen molar-refractivity contribution in [1.82, 2.24) is 5.32 Å². The molecule has 0 aromatic rings. The second-order valence-electron chi connectivity index (χ2n) is 3.43. The maximum absolute atomic E-state index is 3.87. The lowest BCUT2D eigenvalue weighted by Gasteiger charge is -2.29. The van der Waals surface area contributed by atoms with E-state index in [1.165, 1.54) is 12.8 Å². The van der Waals surface area contributed by atoms with Gasteiger partial charge in [-0.3, -0.25) is 0 Å². The molecular weight excluding hydrogens is 122 g/mol. The van der Waals surface area contributed by atoms with Crippen LogP contribution in [0.25, 0.3) is 0 Å². The molecule has 0 aromatic carbocycles. The summed E-state index contributed by atoms with van der Waals surface area (Å²) in [5, 5.41) is 3.50. The molecule has 1 saturated heterocycles. The van der Waals surface area contributed by atoms with Gasteiger partial charge in [0.2, 0.25) is 0 Å². The molecule has 1 N–H and O–H groups in total. The minimum absolute atomic E-state index is 0.250. The molecule has 58 valence electrons. The van der Waals surface area contributed by atoms with Crippen molar-refractivity contribution in [3.05, 3.63) is 12.7 Å². The van der Waals surface area contributed by atoms with Crippen LogP contribution in [0.5, 0.6) is 0 Å². The molecule has 0 aliphatic carbocycles. The topological polar surface area (TPSA) is 12.0 Å². The van der Waals surface area contributed by atoms with Gasteiger partial charge in [0.05, 0.1) is 0 Å². The molecule has 1 fully saturated rings. The van der Waals surface area contributed by atoms with Gasteiger partial charge in [-0.1, -0.05) is 19.9 Å². The molecule has 1 aliphatic rings. The Morgan fingerprint density at radius 1 is 1.60 bits per heavy atom. The number of hydrogen-bond acceptors (Lipinski definition) is 1. The third kappa shape index (κ3) is 1.10. The molecular formula is C9H17N. The Balaban J connectivity index is 2.67. The van der Waals surface area contributed by atoms with E-state index in [1.54, 1.807) is 0 Å². The summed E-state index contributed by atoms with van der Waals surface area (Å²) in [6, 6.07) is 0. The molecule has 0 aromatic heterocycles. The summed E-state index contributed by atoms with van der Waals surface area (Å²) in [6.07, 6.45) is 4.63. The Bertz CT molecular complexity index is 121. The zero-order valence-corrected chi connectivity index (χ0v) is 6.98. The van der Waals surface area contributed by atoms with Crippen molar-refractivity contribution >= 4 is 0 Å². The normalized spacial score (nSPS) is 33.1. The maximum Gasteiger partial charge on any atom is 0.0385 e. The van der Waals surface area contributed by atoms with E-state index in [0.29, 0.717) is 5.92 Å². The Hall–Kier alpha value is -0.300. The first-order valence-electron chi connectivity index (χ1n) is 4.10. The summed E-state index contributed by atoms with van der Waals surface area (Å²) < 4.78 is 0. The van der Waals surface area contributed by atoms with E-state index < -0.39 is 0 Å². The van der Waals surface area contributed by atoms with E-state index in [0.717, 1.165) is 6.54 Å². The maximum atomic E-state index is 3.87. The molecule has 1 nitrogen and oxygen atoms in total. The van der Waals surface area contributed by atoms with E-state index in [2.05, 4.69) is 31.8 Å². The minimum atomic E-state index is 0.250. The van der Waals surface area contributed by atoms with Gasteiger partial charge in [-0.25, -0.2) is 0 Å². The minimum Gasteiger partial charge on any atom is -0.308 e. The largest absolute Gasteiger partial charge is 0.308 e. The molecule has 0 saturated carbocycles. The fourth-order valence-electron chi connectivity index (χ4n) is 1.69. The lowest BCUT2D eigenvalue weighted by atomic mass is 9.85. The highest BCUT2D eigenvalue weighted by Gasteiger charge is 2.32. The van der Waals surface area contributed by atoms with Crippen LogP contribution >= 0.6 is 0 Å². The average molecular weight is 139 g/mol. The van der Waals surface area contributed by atoms with Crippen molar-refractivity contribution in [3.8, 4) is 0 Å². The summed E-state index contributed by atoms with van der Waals surface area (Å²) in [5.74, 6) is 0.674. The van der Waals surface area contributed by atoms with E-state index >= 15 is 0 Å². The molecule has 1 unspecified atom stereocenters. The number of rotatable bonds is 2. The van der Waals surface area contributed by atoms with Crippen LogP contribution in [0, 0.1) is 5.92 Å². The van der Waals surface area contributed by atoms with Gasteiger partial charge >= 0.3 is 0 Å². The van der Waals surface area contributed by atoms with Crippen LogP contribution in [0.15, 0.2) is 12.7 Å². The summed E-state index contributed by atoms with van der Waals surface area (Å²) in [7, 11) is 0. The van der Waals surface area contributed by atoms with Crippen LogP contribution in [-0.2, 0) is 0 Å². The predicted molar refractivity (Wildman–Crippen MR) is 45.0 cm³/mol. The first-order valence-corrected chi connectivity index (χ1v) is 4.10. The lowest BCUT2D eigenvalue weighted by molar-refractivity contribution is 0.345. The van der Waals surface area contributed by atoms with Crippen molar-refractivity contribution in [2.75, 3.05) is 6.54 Å². The third-order valence-corrected chi connectivity index (χ3v) is 2.62. The standard InChI is InChI=1S/C9H17N/c1-4-9(8(2)3)6-5-7-10-9/h4,8,10H,1,5-7H2,2-3H3. The van der Waals surface area contributed by atoms with Gasteiger partial charge in [-0.15, -0.1) is 6.58 Å². The zero-order valence-electron chi connectivity index (χ0n) is 6.98. The average Bonchev–Trinajstić information content (AvgIpc) is 2.35. The Morgan fingerprint density at radius 3 is 2.50 bits per heavy atom. The van der Waals surface area contributed by atoms with Gasteiger partial charge in [0.25, 0.3) is 0 Å². The monoisotopic (exact) mass is 139 g/mol. The molecule has 1 heteroatoms. The van der Waals surface area contributed by atoms with Crippen molar-refractivity contribution in [2.45, 2.75) is 32.2 Å². The second kappa shape index (κ2) is 2.75. The molecule has 1 atom stereocenters. The summed E-state index contributed by atoms with van der Waals surface area (Å²) >= 11 is 0. The zero-order chi connectivity index (χ0) is 7.61. The molecule has 10 heavy (non-hydrogen) atoms. The van der Waals surface area contributed by atoms with Crippen LogP contribution in [0.1, 0.15) is 26.7 Å². The van der Waals surface area contributed by atoms with Crippen molar-refractivity contribution in [3.63, 3.8) is 0 Å². The Labute approximate surface area is 63.5 Å². The quantitative estimate of drug-likeness (QED) is 0.577. The van der Waals surface area contributed by atoms with Gasteiger partial charge in [0.1, 0.15) is 0 Å². The highest BCUT2D eigenvalue weighted by Crippen LogP contribution is 2.28. The van der Waals surface area contributed by atoms with Gasteiger partial charge in [-0.05, 0) is 25.3 Å². The SMILES string of the molecule is C=CC1(C(C)C)CCCN1. The smallest absolute Gasteiger partial charge is 0.0385 e. The first kappa shape index (κ1) is 7.80. The van der Waals surface area contributed by atoms with Crippen LogP contribution in [-0.4, -0.2) is 12.1 Å². The predicted octanol–water partition coefficient (Wildman–Crippen LogP) is 1.95. The van der Waals surface area contributed by atoms with E-state index in [4.69, 9.17) is 0 Å². The van der Waals surface area contributed by atoms with Crippen LogP contribution in [0.2, 0.25) is 0 Å². The Kier molecular flexibility index (Phi) is 2.14. The van der Waals surface area contributed by atoms with Crippen molar-refractivity contribution in [2.24, 2.45) is 5.92 Å². The molecule has 0 radical (unpaired) electrons. The lowest BCUT2D eigenvalue weighted by Crippen LogP contribution is -2.42. The Morgan fingerprint density at radius 2 is 2.30 bits per heavy atom. The van der Waals surface area contributed by atoms with Gasteiger partial charge < -0.3 is 5.32 Å². The highest BCUT2D eigenvalue weighted by molar-refractivity contribution is 5.07.